The molecule has 0 radical (unpaired) electrons. The average Bonchev–Trinajstić information content (AvgIpc) is 2.89. The molecule has 3 rings (SSSR count). The second-order valence-corrected chi connectivity index (χ2v) is 5.65. The van der Waals surface area contributed by atoms with Crippen molar-refractivity contribution >= 4 is 35.6 Å². The van der Waals surface area contributed by atoms with Gasteiger partial charge in [0, 0.05) is 0 Å². The standard InChI is InChI=1S/C10H8O.C5H5.2ClH.Ti/c11-10-7-3-5-8-4-1-2-6-9(8)10;1-2-4-5-3-1;;;/h1-7,11H;1-3H,4H2;2*1H;/q;;;;+1/p-1. The quantitative estimate of drug-likeness (QED) is 0.728. The molecule has 0 bridgehead atoms. The van der Waals surface area contributed by atoms with Crippen molar-refractivity contribution < 1.29 is 22.9 Å². The fourth-order valence-corrected chi connectivity index (χ4v) is 3.15. The van der Waals surface area contributed by atoms with E-state index in [0.29, 0.717) is 0 Å². The molecule has 4 heteroatoms. The minimum atomic E-state index is -0.472. The van der Waals surface area contributed by atoms with E-state index < -0.39 is 19.5 Å². The number of hydrogen-bond donors (Lipinski definition) is 0. The molecule has 0 N–H and O–H groups in total. The zero-order chi connectivity index (χ0) is 11.5. The molecule has 0 heterocycles. The van der Waals surface area contributed by atoms with Crippen LogP contribution in [0.25, 0.3) is 10.8 Å². The van der Waals surface area contributed by atoms with Crippen molar-refractivity contribution in [1.82, 2.24) is 0 Å². The molecular weight excluding hydrogens is 315 g/mol. The molecule has 0 atom stereocenters. The Hall–Kier alpha value is -0.726. The van der Waals surface area contributed by atoms with E-state index in [9.17, 15) is 0 Å². The third kappa shape index (κ3) is 3.87. The van der Waals surface area contributed by atoms with Crippen LogP contribution in [0.5, 0.6) is 5.75 Å². The number of benzene rings is 2. The largest absolute Gasteiger partial charge is 0.147 e. The topological polar surface area (TPSA) is 9.23 Å². The number of allylic oxidation sites excluding steroid dienone is 4. The maximum absolute atomic E-state index is 6.02. The Morgan fingerprint density at radius 3 is 2.53 bits per heavy atom. The van der Waals surface area contributed by atoms with E-state index in [1.54, 1.807) is 0 Å². The molecular formula is C15H14Cl2OTi. The smallest absolute Gasteiger partial charge is 0.147 e. The van der Waals surface area contributed by atoms with Crippen LogP contribution in [-0.2, 0) is 19.5 Å². The Morgan fingerprint density at radius 1 is 0.947 bits per heavy atom. The maximum Gasteiger partial charge on any atom is -0.147 e. The first kappa shape index (κ1) is 16.3. The van der Waals surface area contributed by atoms with Gasteiger partial charge in [0.1, 0.15) is 0 Å². The van der Waals surface area contributed by atoms with Crippen molar-refractivity contribution in [1.29, 1.82) is 0 Å². The van der Waals surface area contributed by atoms with Crippen LogP contribution in [0.15, 0.2) is 64.6 Å². The fourth-order valence-electron chi connectivity index (χ4n) is 1.93. The van der Waals surface area contributed by atoms with Crippen molar-refractivity contribution in [3.63, 3.8) is 0 Å². The normalized spacial score (nSPS) is 12.3. The van der Waals surface area contributed by atoms with Crippen LogP contribution in [0.1, 0.15) is 6.42 Å². The molecule has 2 aromatic carbocycles. The fraction of sp³-hybridized carbons (Fsp3) is 0.0667. The second-order valence-electron chi connectivity index (χ2n) is 4.01. The third-order valence-electron chi connectivity index (χ3n) is 2.81. The van der Waals surface area contributed by atoms with Gasteiger partial charge in [-0.1, -0.05) is 0 Å². The van der Waals surface area contributed by atoms with Gasteiger partial charge in [0.25, 0.3) is 0 Å². The minimum Gasteiger partial charge on any atom is -0.147 e. The molecule has 0 amide bonds. The third-order valence-corrected chi connectivity index (χ3v) is 4.30. The van der Waals surface area contributed by atoms with E-state index in [-0.39, 0.29) is 24.8 Å². The molecule has 2 aromatic rings. The Balaban J connectivity index is 0.000000902. The van der Waals surface area contributed by atoms with Gasteiger partial charge in [-0.25, -0.2) is 0 Å². The van der Waals surface area contributed by atoms with Gasteiger partial charge in [0.2, 0.25) is 0 Å². The summed E-state index contributed by atoms with van der Waals surface area (Å²) in [6.45, 7) is 0. The summed E-state index contributed by atoms with van der Waals surface area (Å²) in [5.74, 6) is 1.02. The molecule has 98 valence electrons. The van der Waals surface area contributed by atoms with E-state index in [4.69, 9.17) is 3.32 Å². The van der Waals surface area contributed by atoms with Gasteiger partial charge in [0.15, 0.2) is 0 Å². The number of halogens is 2. The summed E-state index contributed by atoms with van der Waals surface area (Å²) >= 11 is -0.472. The molecule has 0 aliphatic heterocycles. The van der Waals surface area contributed by atoms with Gasteiger partial charge in [-0.2, -0.15) is 0 Å². The summed E-state index contributed by atoms with van der Waals surface area (Å²) in [4.78, 5) is 0. The molecule has 1 aliphatic carbocycles. The molecule has 1 aliphatic rings. The predicted octanol–water partition coefficient (Wildman–Crippen LogP) is 4.90. The first-order valence-corrected chi connectivity index (χ1v) is 7.12. The van der Waals surface area contributed by atoms with Gasteiger partial charge in [-0.3, -0.25) is 0 Å². The van der Waals surface area contributed by atoms with Crippen LogP contribution < -0.4 is 3.32 Å². The van der Waals surface area contributed by atoms with Crippen LogP contribution in [0, 0.1) is 0 Å². The minimum absolute atomic E-state index is 0. The zero-order valence-electron chi connectivity index (χ0n) is 10.2. The summed E-state index contributed by atoms with van der Waals surface area (Å²) < 4.78 is 7.48. The van der Waals surface area contributed by atoms with Crippen molar-refractivity contribution in [2.24, 2.45) is 0 Å². The Morgan fingerprint density at radius 2 is 1.74 bits per heavy atom. The number of hydrogen-bond acceptors (Lipinski definition) is 1. The molecule has 0 aromatic heterocycles. The van der Waals surface area contributed by atoms with Crippen LogP contribution in [0.3, 0.4) is 0 Å². The van der Waals surface area contributed by atoms with Crippen molar-refractivity contribution in [2.45, 2.75) is 6.42 Å². The van der Waals surface area contributed by atoms with Crippen LogP contribution in [-0.4, -0.2) is 0 Å². The Labute approximate surface area is 135 Å². The summed E-state index contributed by atoms with van der Waals surface area (Å²) in [6, 6.07) is 14.6. The monoisotopic (exact) mass is 328 g/mol. The van der Waals surface area contributed by atoms with E-state index in [2.05, 4.69) is 60.7 Å². The van der Waals surface area contributed by atoms with E-state index >= 15 is 0 Å². The SMILES string of the molecule is C1=CC[C]([Ti][O]c2cccc3ccccc23)=C1.Cl.Cl. The Bertz CT molecular complexity index is 603. The molecule has 1 nitrogen and oxygen atoms in total. The number of rotatable bonds is 3. The van der Waals surface area contributed by atoms with E-state index in [1.807, 2.05) is 0 Å². The first-order valence-electron chi connectivity index (χ1n) is 5.70. The van der Waals surface area contributed by atoms with Crippen molar-refractivity contribution in [2.75, 3.05) is 0 Å². The van der Waals surface area contributed by atoms with Gasteiger partial charge < -0.3 is 0 Å². The van der Waals surface area contributed by atoms with Crippen LogP contribution in [0.2, 0.25) is 0 Å². The average molecular weight is 329 g/mol. The molecule has 0 saturated heterocycles. The predicted molar refractivity (Wildman–Crippen MR) is 80.9 cm³/mol. The zero-order valence-corrected chi connectivity index (χ0v) is 13.4. The summed E-state index contributed by atoms with van der Waals surface area (Å²) in [5.41, 5.74) is 0. The van der Waals surface area contributed by atoms with Crippen LogP contribution >= 0.6 is 24.8 Å². The van der Waals surface area contributed by atoms with Gasteiger partial charge in [-0.05, 0) is 0 Å². The summed E-state index contributed by atoms with van der Waals surface area (Å²) in [6.07, 6.45) is 7.56. The molecule has 0 spiro atoms. The maximum atomic E-state index is 6.02. The molecule has 0 saturated carbocycles. The van der Waals surface area contributed by atoms with Gasteiger partial charge in [0.05, 0.1) is 0 Å². The molecule has 0 fully saturated rings. The number of fused-ring (bicyclic) bond motifs is 1. The van der Waals surface area contributed by atoms with Gasteiger partial charge in [-0.15, -0.1) is 24.8 Å². The first-order chi connectivity index (χ1) is 8.43. The Kier molecular flexibility index (Phi) is 6.67. The van der Waals surface area contributed by atoms with Crippen molar-refractivity contribution in [3.8, 4) is 5.75 Å². The summed E-state index contributed by atoms with van der Waals surface area (Å²) in [7, 11) is 0. The summed E-state index contributed by atoms with van der Waals surface area (Å²) in [5, 5.41) is 2.46. The second kappa shape index (κ2) is 7.76. The van der Waals surface area contributed by atoms with Gasteiger partial charge >= 0.3 is 110 Å². The van der Waals surface area contributed by atoms with Crippen LogP contribution in [0.4, 0.5) is 0 Å². The van der Waals surface area contributed by atoms with E-state index in [0.717, 1.165) is 12.2 Å². The molecule has 0 unspecified atom stereocenters. The molecule has 19 heavy (non-hydrogen) atoms. The van der Waals surface area contributed by atoms with Crippen molar-refractivity contribution in [3.05, 3.63) is 64.6 Å². The van der Waals surface area contributed by atoms with E-state index in [1.165, 1.54) is 14.7 Å².